The van der Waals surface area contributed by atoms with E-state index in [-0.39, 0.29) is 0 Å². The second kappa shape index (κ2) is 3.86. The molecule has 0 fully saturated rings. The van der Waals surface area contributed by atoms with Crippen molar-refractivity contribution < 1.29 is 0 Å². The van der Waals surface area contributed by atoms with Crippen molar-refractivity contribution in [2.45, 2.75) is 13.5 Å². The zero-order chi connectivity index (χ0) is 9.97. The first-order valence-corrected chi connectivity index (χ1v) is 5.18. The van der Waals surface area contributed by atoms with Crippen LogP contribution in [0.2, 0.25) is 0 Å². The molecule has 0 aliphatic heterocycles. The summed E-state index contributed by atoms with van der Waals surface area (Å²) >= 11 is 1.62. The van der Waals surface area contributed by atoms with Crippen molar-refractivity contribution in [3.8, 4) is 10.4 Å². The van der Waals surface area contributed by atoms with Crippen molar-refractivity contribution in [2.75, 3.05) is 0 Å². The molecule has 0 radical (unpaired) electrons. The molecule has 0 spiro atoms. The number of hydrogen-bond donors (Lipinski definition) is 1. The van der Waals surface area contributed by atoms with Crippen LogP contribution in [0.1, 0.15) is 10.6 Å². The number of aromatic nitrogens is 2. The maximum atomic E-state index is 5.51. The highest BCUT2D eigenvalue weighted by molar-refractivity contribution is 7.15. The Morgan fingerprint density at radius 3 is 2.93 bits per heavy atom. The van der Waals surface area contributed by atoms with Crippen LogP contribution in [-0.2, 0) is 6.54 Å². The van der Waals surface area contributed by atoms with Crippen LogP contribution < -0.4 is 5.73 Å². The number of hydrogen-bond acceptors (Lipinski definition) is 4. The van der Waals surface area contributed by atoms with Crippen molar-refractivity contribution in [2.24, 2.45) is 5.73 Å². The summed E-state index contributed by atoms with van der Waals surface area (Å²) in [6.07, 6.45) is 5.52. The molecule has 2 aromatic rings. The first kappa shape index (κ1) is 9.30. The number of nitrogens with zero attached hydrogens (tertiary/aromatic N) is 2. The molecule has 3 nitrogen and oxygen atoms in total. The Bertz CT molecular complexity index is 436. The van der Waals surface area contributed by atoms with Gasteiger partial charge in [-0.3, -0.25) is 4.98 Å². The topological polar surface area (TPSA) is 51.8 Å². The molecular formula is C10H11N3S. The van der Waals surface area contributed by atoms with Crippen molar-refractivity contribution >= 4 is 11.3 Å². The summed E-state index contributed by atoms with van der Waals surface area (Å²) < 4.78 is 0. The number of rotatable bonds is 2. The monoisotopic (exact) mass is 205 g/mol. The zero-order valence-corrected chi connectivity index (χ0v) is 8.71. The summed E-state index contributed by atoms with van der Waals surface area (Å²) in [6.45, 7) is 2.57. The molecule has 4 heteroatoms. The normalized spacial score (nSPS) is 10.4. The van der Waals surface area contributed by atoms with E-state index >= 15 is 0 Å². The maximum absolute atomic E-state index is 5.51. The molecular weight excluding hydrogens is 194 g/mol. The molecule has 14 heavy (non-hydrogen) atoms. The zero-order valence-electron chi connectivity index (χ0n) is 7.90. The lowest BCUT2D eigenvalue weighted by Gasteiger charge is -1.99. The molecule has 2 rings (SSSR count). The smallest absolute Gasteiger partial charge is 0.107 e. The lowest BCUT2D eigenvalue weighted by atomic mass is 10.1. The van der Waals surface area contributed by atoms with Gasteiger partial charge in [0.2, 0.25) is 0 Å². The summed E-state index contributed by atoms with van der Waals surface area (Å²) in [6, 6.07) is 2.00. The fraction of sp³-hybridized carbons (Fsp3) is 0.200. The van der Waals surface area contributed by atoms with E-state index in [9.17, 15) is 0 Å². The minimum Gasteiger partial charge on any atom is -0.325 e. The molecule has 2 heterocycles. The SMILES string of the molecule is Cc1ccncc1-c1cnc(CN)s1. The molecule has 72 valence electrons. The summed E-state index contributed by atoms with van der Waals surface area (Å²) in [5, 5.41) is 0.961. The van der Waals surface area contributed by atoms with Gasteiger partial charge in [0.25, 0.3) is 0 Å². The lowest BCUT2D eigenvalue weighted by Crippen LogP contribution is -1.93. The Morgan fingerprint density at radius 2 is 2.29 bits per heavy atom. The molecule has 0 unspecified atom stereocenters. The standard InChI is InChI=1S/C10H11N3S/c1-7-2-3-12-5-8(7)9-6-13-10(4-11)14-9/h2-3,5-6H,4,11H2,1H3. The predicted octanol–water partition coefficient (Wildman–Crippen LogP) is 1.97. The first-order chi connectivity index (χ1) is 6.81. The van der Waals surface area contributed by atoms with Gasteiger partial charge in [0, 0.05) is 30.7 Å². The average Bonchev–Trinajstić information content (AvgIpc) is 2.67. The quantitative estimate of drug-likeness (QED) is 0.815. The van der Waals surface area contributed by atoms with Crippen molar-refractivity contribution in [1.82, 2.24) is 9.97 Å². The minimum absolute atomic E-state index is 0.504. The number of aryl methyl sites for hydroxylation is 1. The summed E-state index contributed by atoms with van der Waals surface area (Å²) in [4.78, 5) is 9.46. The third-order valence-electron chi connectivity index (χ3n) is 2.03. The third-order valence-corrected chi connectivity index (χ3v) is 3.09. The van der Waals surface area contributed by atoms with Gasteiger partial charge in [0.05, 0.1) is 4.88 Å². The predicted molar refractivity (Wildman–Crippen MR) is 58.0 cm³/mol. The van der Waals surface area contributed by atoms with E-state index < -0.39 is 0 Å². The Balaban J connectivity index is 2.44. The van der Waals surface area contributed by atoms with Crippen molar-refractivity contribution in [3.05, 3.63) is 35.2 Å². The Morgan fingerprint density at radius 1 is 1.43 bits per heavy atom. The van der Waals surface area contributed by atoms with Crippen LogP contribution in [0, 0.1) is 6.92 Å². The van der Waals surface area contributed by atoms with Gasteiger partial charge in [-0.1, -0.05) is 0 Å². The van der Waals surface area contributed by atoms with Gasteiger partial charge < -0.3 is 5.73 Å². The van der Waals surface area contributed by atoms with E-state index in [0.29, 0.717) is 6.54 Å². The second-order valence-electron chi connectivity index (χ2n) is 3.01. The van der Waals surface area contributed by atoms with Gasteiger partial charge in [0.1, 0.15) is 5.01 Å². The molecule has 0 amide bonds. The average molecular weight is 205 g/mol. The molecule has 0 saturated heterocycles. The van der Waals surface area contributed by atoms with E-state index in [2.05, 4.69) is 16.9 Å². The van der Waals surface area contributed by atoms with Gasteiger partial charge in [-0.15, -0.1) is 11.3 Å². The van der Waals surface area contributed by atoms with Gasteiger partial charge >= 0.3 is 0 Å². The molecule has 0 aromatic carbocycles. The molecule has 0 atom stereocenters. The van der Waals surface area contributed by atoms with E-state index in [1.165, 1.54) is 5.56 Å². The highest BCUT2D eigenvalue weighted by atomic mass is 32.1. The van der Waals surface area contributed by atoms with Gasteiger partial charge in [-0.05, 0) is 18.6 Å². The molecule has 0 saturated carbocycles. The molecule has 2 N–H and O–H groups in total. The molecule has 0 aliphatic rings. The van der Waals surface area contributed by atoms with Crippen LogP contribution in [-0.4, -0.2) is 9.97 Å². The van der Waals surface area contributed by atoms with Crippen LogP contribution in [0.4, 0.5) is 0 Å². The van der Waals surface area contributed by atoms with Gasteiger partial charge in [-0.25, -0.2) is 4.98 Å². The third kappa shape index (κ3) is 1.66. The summed E-state index contributed by atoms with van der Waals surface area (Å²) in [5.41, 5.74) is 7.87. The van der Waals surface area contributed by atoms with E-state index in [1.807, 2.05) is 18.5 Å². The number of nitrogens with two attached hydrogens (primary N) is 1. The highest BCUT2D eigenvalue weighted by Gasteiger charge is 2.05. The molecule has 0 aliphatic carbocycles. The van der Waals surface area contributed by atoms with E-state index in [0.717, 1.165) is 15.4 Å². The fourth-order valence-electron chi connectivity index (χ4n) is 1.25. The maximum Gasteiger partial charge on any atom is 0.107 e. The first-order valence-electron chi connectivity index (χ1n) is 4.37. The van der Waals surface area contributed by atoms with Crippen LogP contribution in [0.15, 0.2) is 24.7 Å². The van der Waals surface area contributed by atoms with E-state index in [4.69, 9.17) is 5.73 Å². The van der Waals surface area contributed by atoms with Gasteiger partial charge in [0.15, 0.2) is 0 Å². The summed E-state index contributed by atoms with van der Waals surface area (Å²) in [5.74, 6) is 0. The number of thiazole rings is 1. The lowest BCUT2D eigenvalue weighted by molar-refractivity contribution is 1.04. The largest absolute Gasteiger partial charge is 0.325 e. The Kier molecular flexibility index (Phi) is 2.56. The molecule has 0 bridgehead atoms. The van der Waals surface area contributed by atoms with Crippen LogP contribution in [0.25, 0.3) is 10.4 Å². The van der Waals surface area contributed by atoms with Crippen molar-refractivity contribution in [1.29, 1.82) is 0 Å². The van der Waals surface area contributed by atoms with Crippen LogP contribution in [0.5, 0.6) is 0 Å². The highest BCUT2D eigenvalue weighted by Crippen LogP contribution is 2.27. The Hall–Kier alpha value is -1.26. The van der Waals surface area contributed by atoms with E-state index in [1.54, 1.807) is 17.5 Å². The summed E-state index contributed by atoms with van der Waals surface area (Å²) in [7, 11) is 0. The molecule has 2 aromatic heterocycles. The fourth-order valence-corrected chi connectivity index (χ4v) is 2.12. The minimum atomic E-state index is 0.504. The Labute approximate surface area is 86.6 Å². The number of pyridine rings is 1. The van der Waals surface area contributed by atoms with Crippen molar-refractivity contribution in [3.63, 3.8) is 0 Å². The van der Waals surface area contributed by atoms with Crippen LogP contribution in [0.3, 0.4) is 0 Å². The van der Waals surface area contributed by atoms with Crippen LogP contribution >= 0.6 is 11.3 Å². The van der Waals surface area contributed by atoms with Gasteiger partial charge in [-0.2, -0.15) is 0 Å². The second-order valence-corrected chi connectivity index (χ2v) is 4.13.